The molecule has 4 aliphatic rings. The van der Waals surface area contributed by atoms with Crippen LogP contribution in [0.25, 0.3) is 0 Å². The molecule has 4 fully saturated rings. The van der Waals surface area contributed by atoms with Gasteiger partial charge in [0.15, 0.2) is 0 Å². The Morgan fingerprint density at radius 1 is 0.955 bits per heavy atom. The van der Waals surface area contributed by atoms with Crippen molar-refractivity contribution in [3.8, 4) is 0 Å². The molecular formula is C19H30O3. The van der Waals surface area contributed by atoms with E-state index in [1.54, 1.807) is 0 Å². The summed E-state index contributed by atoms with van der Waals surface area (Å²) in [4.78, 5) is 12.1. The van der Waals surface area contributed by atoms with Gasteiger partial charge in [-0.05, 0) is 73.0 Å². The highest BCUT2D eigenvalue weighted by atomic mass is 16.3. The van der Waals surface area contributed by atoms with Crippen LogP contribution < -0.4 is 0 Å². The first-order valence-electron chi connectivity index (χ1n) is 9.24. The standard InChI is InChI=1S/C19H30O3/c1-18-8-7-14-12(13(18)5-6-17(18)22)9-16(21)15-4-3-11(20)10-19(14,15)2/h12-17,21-22H,3-10H2,1-2H3/t12-,13-,14-,15+,16-,17-,18-,19+/m0/s1. The van der Waals surface area contributed by atoms with E-state index >= 15 is 0 Å². The lowest BCUT2D eigenvalue weighted by Gasteiger charge is -2.61. The summed E-state index contributed by atoms with van der Waals surface area (Å²) in [5.41, 5.74) is 0.0370. The summed E-state index contributed by atoms with van der Waals surface area (Å²) in [5, 5.41) is 21.3. The lowest BCUT2D eigenvalue weighted by molar-refractivity contribution is -0.168. The predicted molar refractivity (Wildman–Crippen MR) is 84.1 cm³/mol. The Kier molecular flexibility index (Phi) is 3.30. The maximum absolute atomic E-state index is 12.1. The van der Waals surface area contributed by atoms with Gasteiger partial charge in [0.05, 0.1) is 12.2 Å². The van der Waals surface area contributed by atoms with E-state index in [-0.39, 0.29) is 23.0 Å². The van der Waals surface area contributed by atoms with Gasteiger partial charge in [0.25, 0.3) is 0 Å². The molecule has 0 bridgehead atoms. The second-order valence-electron chi connectivity index (χ2n) is 9.18. The van der Waals surface area contributed by atoms with E-state index in [0.717, 1.165) is 38.5 Å². The number of carbonyl (C=O) groups excluding carboxylic acids is 1. The van der Waals surface area contributed by atoms with Crippen LogP contribution in [0.4, 0.5) is 0 Å². The van der Waals surface area contributed by atoms with Gasteiger partial charge in [-0.2, -0.15) is 0 Å². The average molecular weight is 306 g/mol. The fourth-order valence-corrected chi connectivity index (χ4v) is 7.18. The molecule has 4 aliphatic carbocycles. The van der Waals surface area contributed by atoms with Crippen LogP contribution in [0.15, 0.2) is 0 Å². The summed E-state index contributed by atoms with van der Waals surface area (Å²) in [7, 11) is 0. The molecule has 0 amide bonds. The van der Waals surface area contributed by atoms with Gasteiger partial charge in [0, 0.05) is 12.8 Å². The van der Waals surface area contributed by atoms with Crippen LogP contribution in [0.2, 0.25) is 0 Å². The Balaban J connectivity index is 1.69. The van der Waals surface area contributed by atoms with Crippen molar-refractivity contribution in [3.05, 3.63) is 0 Å². The first-order valence-corrected chi connectivity index (χ1v) is 9.24. The zero-order valence-electron chi connectivity index (χ0n) is 13.9. The highest BCUT2D eigenvalue weighted by Gasteiger charge is 2.62. The summed E-state index contributed by atoms with van der Waals surface area (Å²) in [5.74, 6) is 2.30. The maximum atomic E-state index is 12.1. The van der Waals surface area contributed by atoms with Crippen molar-refractivity contribution in [1.82, 2.24) is 0 Å². The van der Waals surface area contributed by atoms with Crippen molar-refractivity contribution in [2.45, 2.75) is 77.4 Å². The number of carbonyl (C=O) groups is 1. The van der Waals surface area contributed by atoms with E-state index in [1.165, 1.54) is 0 Å². The Hall–Kier alpha value is -0.410. The number of aliphatic hydroxyl groups is 2. The zero-order chi connectivity index (χ0) is 15.7. The van der Waals surface area contributed by atoms with Crippen molar-refractivity contribution in [1.29, 1.82) is 0 Å². The molecule has 124 valence electrons. The van der Waals surface area contributed by atoms with Gasteiger partial charge in [0.1, 0.15) is 5.78 Å². The van der Waals surface area contributed by atoms with Crippen LogP contribution in [-0.4, -0.2) is 28.2 Å². The average Bonchev–Trinajstić information content (AvgIpc) is 2.74. The fraction of sp³-hybridized carbons (Fsp3) is 0.947. The summed E-state index contributed by atoms with van der Waals surface area (Å²) in [6.45, 7) is 4.54. The number of hydrogen-bond acceptors (Lipinski definition) is 3. The summed E-state index contributed by atoms with van der Waals surface area (Å²) < 4.78 is 0. The summed E-state index contributed by atoms with van der Waals surface area (Å²) in [6.07, 6.45) is 6.91. The Labute approximate surface area is 133 Å². The molecule has 0 radical (unpaired) electrons. The maximum Gasteiger partial charge on any atom is 0.133 e. The van der Waals surface area contributed by atoms with Gasteiger partial charge >= 0.3 is 0 Å². The molecular weight excluding hydrogens is 276 g/mol. The fourth-order valence-electron chi connectivity index (χ4n) is 7.18. The number of hydrogen-bond donors (Lipinski definition) is 2. The van der Waals surface area contributed by atoms with Crippen LogP contribution in [-0.2, 0) is 4.79 Å². The number of rotatable bonds is 0. The normalized spacial score (nSPS) is 57.9. The molecule has 22 heavy (non-hydrogen) atoms. The van der Waals surface area contributed by atoms with E-state index in [1.807, 2.05) is 0 Å². The van der Waals surface area contributed by atoms with Gasteiger partial charge in [-0.3, -0.25) is 4.79 Å². The van der Waals surface area contributed by atoms with Crippen LogP contribution in [0.5, 0.6) is 0 Å². The van der Waals surface area contributed by atoms with Crippen LogP contribution in [0.1, 0.15) is 65.2 Å². The molecule has 0 heterocycles. The number of Topliss-reactive ketones (excluding diaryl/α,β-unsaturated/α-hetero) is 1. The molecule has 0 aromatic rings. The zero-order valence-corrected chi connectivity index (χ0v) is 13.9. The third kappa shape index (κ3) is 1.84. The minimum atomic E-state index is -0.251. The molecule has 0 aliphatic heterocycles. The predicted octanol–water partition coefficient (Wildman–Crippen LogP) is 2.93. The minimum Gasteiger partial charge on any atom is -0.393 e. The Morgan fingerprint density at radius 3 is 2.45 bits per heavy atom. The van der Waals surface area contributed by atoms with E-state index in [4.69, 9.17) is 0 Å². The first-order chi connectivity index (χ1) is 10.4. The molecule has 2 N–H and O–H groups in total. The Bertz CT molecular complexity index is 489. The van der Waals surface area contributed by atoms with Crippen LogP contribution >= 0.6 is 0 Å². The molecule has 0 aromatic carbocycles. The van der Waals surface area contributed by atoms with Gasteiger partial charge in [0.2, 0.25) is 0 Å². The highest BCUT2D eigenvalue weighted by Crippen LogP contribution is 2.65. The third-order valence-corrected chi connectivity index (χ3v) is 8.37. The second-order valence-corrected chi connectivity index (χ2v) is 9.18. The largest absolute Gasteiger partial charge is 0.393 e. The van der Waals surface area contributed by atoms with Gasteiger partial charge in [-0.25, -0.2) is 0 Å². The topological polar surface area (TPSA) is 57.5 Å². The first kappa shape index (κ1) is 15.1. The van der Waals surface area contributed by atoms with Gasteiger partial charge in [-0.15, -0.1) is 0 Å². The number of ketones is 1. The molecule has 4 rings (SSSR count). The van der Waals surface area contributed by atoms with Crippen molar-refractivity contribution < 1.29 is 15.0 Å². The SMILES string of the molecule is C[C@]12CC(=O)CC[C@@H]1[C@@H](O)C[C@@H]1[C@@H]2CC[C@]2(C)[C@@H](O)CC[C@@H]12. The van der Waals surface area contributed by atoms with Crippen LogP contribution in [0, 0.1) is 34.5 Å². The molecule has 8 atom stereocenters. The molecule has 4 saturated carbocycles. The monoisotopic (exact) mass is 306 g/mol. The molecule has 0 unspecified atom stereocenters. The molecule has 3 nitrogen and oxygen atoms in total. The second kappa shape index (κ2) is 4.80. The number of fused-ring (bicyclic) bond motifs is 5. The summed E-state index contributed by atoms with van der Waals surface area (Å²) >= 11 is 0. The van der Waals surface area contributed by atoms with Crippen molar-refractivity contribution in [3.63, 3.8) is 0 Å². The van der Waals surface area contributed by atoms with E-state index < -0.39 is 0 Å². The van der Waals surface area contributed by atoms with Gasteiger partial charge < -0.3 is 10.2 Å². The molecule has 0 saturated heterocycles. The van der Waals surface area contributed by atoms with E-state index in [0.29, 0.717) is 42.3 Å². The van der Waals surface area contributed by atoms with E-state index in [9.17, 15) is 15.0 Å². The summed E-state index contributed by atoms with van der Waals surface area (Å²) in [6, 6.07) is 0. The Morgan fingerprint density at radius 2 is 1.68 bits per heavy atom. The quantitative estimate of drug-likeness (QED) is 0.723. The van der Waals surface area contributed by atoms with Crippen molar-refractivity contribution in [2.24, 2.45) is 34.5 Å². The lowest BCUT2D eigenvalue weighted by Crippen LogP contribution is -2.58. The van der Waals surface area contributed by atoms with Crippen LogP contribution in [0.3, 0.4) is 0 Å². The number of aliphatic hydroxyl groups excluding tert-OH is 2. The van der Waals surface area contributed by atoms with Crippen molar-refractivity contribution in [2.75, 3.05) is 0 Å². The smallest absolute Gasteiger partial charge is 0.133 e. The highest BCUT2D eigenvalue weighted by molar-refractivity contribution is 5.80. The molecule has 3 heteroatoms. The van der Waals surface area contributed by atoms with Gasteiger partial charge in [-0.1, -0.05) is 13.8 Å². The van der Waals surface area contributed by atoms with Crippen molar-refractivity contribution >= 4 is 5.78 Å². The third-order valence-electron chi connectivity index (χ3n) is 8.37. The minimum absolute atomic E-state index is 0.00740. The molecule has 0 aromatic heterocycles. The lowest BCUT2D eigenvalue weighted by atomic mass is 9.44. The molecule has 0 spiro atoms. The van der Waals surface area contributed by atoms with E-state index in [2.05, 4.69) is 13.8 Å².